The molecule has 2 rings (SSSR count). The van der Waals surface area contributed by atoms with Gasteiger partial charge in [0, 0.05) is 30.2 Å². The maximum atomic E-state index is 14.2. The molecule has 0 bridgehead atoms. The first-order chi connectivity index (χ1) is 11.6. The predicted octanol–water partition coefficient (Wildman–Crippen LogP) is 1.37. The van der Waals surface area contributed by atoms with E-state index in [0.29, 0.717) is 11.3 Å². The summed E-state index contributed by atoms with van der Waals surface area (Å²) in [6.45, 7) is 2.91. The van der Waals surface area contributed by atoms with E-state index in [1.807, 2.05) is 0 Å². The number of amides is 1. The van der Waals surface area contributed by atoms with Gasteiger partial charge in [-0.25, -0.2) is 12.8 Å². The highest BCUT2D eigenvalue weighted by Gasteiger charge is 2.45. The summed E-state index contributed by atoms with van der Waals surface area (Å²) in [7, 11) is -3.75. The summed E-state index contributed by atoms with van der Waals surface area (Å²) in [5.74, 6) is 3.99. The Balaban J connectivity index is 2.18. The molecule has 1 aromatic carbocycles. The molecule has 2 atom stereocenters. The molecule has 0 aromatic heterocycles. The Morgan fingerprint density at radius 2 is 2.20 bits per heavy atom. The van der Waals surface area contributed by atoms with Crippen LogP contribution in [0, 0.1) is 17.7 Å². The lowest BCUT2D eigenvalue weighted by atomic mass is 9.96. The Morgan fingerprint density at radius 1 is 1.52 bits per heavy atom. The maximum absolute atomic E-state index is 14.2. The van der Waals surface area contributed by atoms with Crippen molar-refractivity contribution in [3.05, 3.63) is 35.1 Å². The summed E-state index contributed by atoms with van der Waals surface area (Å²) in [6, 6.07) is 4.50. The van der Waals surface area contributed by atoms with Crippen LogP contribution < -0.4 is 5.73 Å². The molecule has 0 fully saturated rings. The second-order valence-corrected chi connectivity index (χ2v) is 8.56. The lowest BCUT2D eigenvalue weighted by Gasteiger charge is -2.25. The number of sulfone groups is 1. The van der Waals surface area contributed by atoms with Gasteiger partial charge in [0.2, 0.25) is 5.91 Å². The second kappa shape index (κ2) is 6.84. The average molecular weight is 366 g/mol. The van der Waals surface area contributed by atoms with Crippen LogP contribution in [0.2, 0.25) is 0 Å². The van der Waals surface area contributed by atoms with Crippen LogP contribution in [0.3, 0.4) is 0 Å². The zero-order valence-corrected chi connectivity index (χ0v) is 15.0. The van der Waals surface area contributed by atoms with E-state index in [9.17, 15) is 17.6 Å². The first-order valence-corrected chi connectivity index (χ1v) is 9.42. The number of carbonyl (C=O) groups is 1. The second-order valence-electron chi connectivity index (χ2n) is 6.11. The zero-order chi connectivity index (χ0) is 18.8. The standard InChI is InChI=1S/C17H19FN2O4S/c1-4-5-11-6-7-13(14(18)8-11)15-9-12(24-20-15)10-17(2,16(19)21)25(3,22)23/h6-8,12H,9-10H2,1-3H3,(H2,19,21). The molecular weight excluding hydrogens is 347 g/mol. The van der Waals surface area contributed by atoms with E-state index >= 15 is 0 Å². The molecule has 1 aromatic rings. The first kappa shape index (κ1) is 18.9. The molecule has 0 saturated heterocycles. The molecule has 0 aliphatic carbocycles. The van der Waals surface area contributed by atoms with E-state index in [1.54, 1.807) is 19.1 Å². The van der Waals surface area contributed by atoms with Gasteiger partial charge in [0.25, 0.3) is 0 Å². The van der Waals surface area contributed by atoms with Crippen LogP contribution in [0.25, 0.3) is 0 Å². The van der Waals surface area contributed by atoms with E-state index in [2.05, 4.69) is 17.0 Å². The SMILES string of the molecule is CC#Cc1ccc(C2=NOC(CC(C)(C(N)=O)S(C)(=O)=O)C2)c(F)c1. The number of rotatable bonds is 5. The smallest absolute Gasteiger partial charge is 0.238 e. The third kappa shape index (κ3) is 3.82. The fourth-order valence-electron chi connectivity index (χ4n) is 2.54. The third-order valence-electron chi connectivity index (χ3n) is 4.24. The minimum Gasteiger partial charge on any atom is -0.392 e. The third-order valence-corrected chi connectivity index (χ3v) is 6.24. The Hall–Kier alpha value is -2.40. The molecule has 1 heterocycles. The topological polar surface area (TPSA) is 98.8 Å². The molecule has 1 aliphatic heterocycles. The zero-order valence-electron chi connectivity index (χ0n) is 14.2. The van der Waals surface area contributed by atoms with Gasteiger partial charge in [-0.1, -0.05) is 11.1 Å². The number of nitrogens with zero attached hydrogens (tertiary/aromatic N) is 1. The van der Waals surface area contributed by atoms with Gasteiger partial charge in [-0.2, -0.15) is 0 Å². The van der Waals surface area contributed by atoms with Crippen molar-refractivity contribution < 1.29 is 22.4 Å². The number of hydrogen-bond donors (Lipinski definition) is 1. The van der Waals surface area contributed by atoms with E-state index < -0.39 is 32.4 Å². The molecule has 1 aliphatic rings. The van der Waals surface area contributed by atoms with E-state index in [4.69, 9.17) is 10.6 Å². The number of primary amides is 1. The van der Waals surface area contributed by atoms with Crippen LogP contribution in [0.15, 0.2) is 23.4 Å². The number of benzene rings is 1. The average Bonchev–Trinajstić information content (AvgIpc) is 2.94. The Kier molecular flexibility index (Phi) is 5.18. The summed E-state index contributed by atoms with van der Waals surface area (Å²) in [4.78, 5) is 16.9. The van der Waals surface area contributed by atoms with Gasteiger partial charge in [0.05, 0.1) is 5.71 Å². The van der Waals surface area contributed by atoms with Crippen molar-refractivity contribution in [3.63, 3.8) is 0 Å². The van der Waals surface area contributed by atoms with E-state index in [0.717, 1.165) is 6.26 Å². The fraction of sp³-hybridized carbons (Fsp3) is 0.412. The molecule has 6 nitrogen and oxygen atoms in total. The van der Waals surface area contributed by atoms with E-state index in [-0.39, 0.29) is 18.4 Å². The summed E-state index contributed by atoms with van der Waals surface area (Å²) < 4.78 is 36.3. The van der Waals surface area contributed by atoms with Crippen molar-refractivity contribution in [2.75, 3.05) is 6.26 Å². The summed E-state index contributed by atoms with van der Waals surface area (Å²) in [5, 5.41) is 3.84. The van der Waals surface area contributed by atoms with Crippen molar-refractivity contribution in [1.82, 2.24) is 0 Å². The van der Waals surface area contributed by atoms with Gasteiger partial charge in [-0.3, -0.25) is 4.79 Å². The van der Waals surface area contributed by atoms with Crippen molar-refractivity contribution >= 4 is 21.5 Å². The van der Waals surface area contributed by atoms with Gasteiger partial charge in [-0.15, -0.1) is 5.92 Å². The monoisotopic (exact) mass is 366 g/mol. The van der Waals surface area contributed by atoms with Crippen LogP contribution in [-0.2, 0) is 19.5 Å². The van der Waals surface area contributed by atoms with E-state index in [1.165, 1.54) is 13.0 Å². The Labute approximate surface area is 146 Å². The number of halogens is 1. The molecule has 0 radical (unpaired) electrons. The van der Waals surface area contributed by atoms with Gasteiger partial charge in [0.1, 0.15) is 11.9 Å². The number of oxime groups is 1. The Morgan fingerprint density at radius 3 is 2.72 bits per heavy atom. The molecule has 8 heteroatoms. The number of carbonyl (C=O) groups excluding carboxylic acids is 1. The molecule has 134 valence electrons. The predicted molar refractivity (Wildman–Crippen MR) is 92.0 cm³/mol. The largest absolute Gasteiger partial charge is 0.392 e. The van der Waals surface area contributed by atoms with Crippen molar-refractivity contribution in [2.45, 2.75) is 37.5 Å². The highest BCUT2D eigenvalue weighted by molar-refractivity contribution is 7.92. The van der Waals surface area contributed by atoms with Crippen LogP contribution >= 0.6 is 0 Å². The van der Waals surface area contributed by atoms with Gasteiger partial charge >= 0.3 is 0 Å². The summed E-state index contributed by atoms with van der Waals surface area (Å²) in [5.41, 5.74) is 6.41. The van der Waals surface area contributed by atoms with Gasteiger partial charge < -0.3 is 10.6 Å². The minimum atomic E-state index is -3.75. The quantitative estimate of drug-likeness (QED) is 0.796. The maximum Gasteiger partial charge on any atom is 0.238 e. The fourth-order valence-corrected chi connectivity index (χ4v) is 3.39. The highest BCUT2D eigenvalue weighted by Crippen LogP contribution is 2.29. The molecule has 25 heavy (non-hydrogen) atoms. The summed E-state index contributed by atoms with van der Waals surface area (Å²) in [6.07, 6.45) is 0.280. The van der Waals surface area contributed by atoms with Gasteiger partial charge in [0.15, 0.2) is 14.6 Å². The minimum absolute atomic E-state index is 0.158. The number of hydrogen-bond acceptors (Lipinski definition) is 5. The first-order valence-electron chi connectivity index (χ1n) is 7.53. The van der Waals surface area contributed by atoms with Gasteiger partial charge in [-0.05, 0) is 32.0 Å². The Bertz CT molecular complexity index is 899. The highest BCUT2D eigenvalue weighted by atomic mass is 32.2. The van der Waals surface area contributed by atoms with Crippen molar-refractivity contribution in [2.24, 2.45) is 10.9 Å². The molecule has 2 N–H and O–H groups in total. The van der Waals surface area contributed by atoms with Crippen LogP contribution in [0.1, 0.15) is 37.8 Å². The molecule has 0 saturated carbocycles. The molecule has 2 unspecified atom stereocenters. The van der Waals surface area contributed by atoms with Crippen LogP contribution in [0.5, 0.6) is 0 Å². The normalized spacial score (nSPS) is 19.2. The van der Waals surface area contributed by atoms with Crippen molar-refractivity contribution in [1.29, 1.82) is 0 Å². The lowest BCUT2D eigenvalue weighted by molar-refractivity contribution is -0.121. The number of nitrogens with two attached hydrogens (primary N) is 1. The lowest BCUT2D eigenvalue weighted by Crippen LogP contribution is -2.49. The van der Waals surface area contributed by atoms with Crippen LogP contribution in [-0.4, -0.2) is 37.1 Å². The summed E-state index contributed by atoms with van der Waals surface area (Å²) >= 11 is 0. The van der Waals surface area contributed by atoms with Crippen LogP contribution in [0.4, 0.5) is 4.39 Å². The molecular formula is C17H19FN2O4S. The van der Waals surface area contributed by atoms with Crippen molar-refractivity contribution in [3.8, 4) is 11.8 Å². The molecule has 0 spiro atoms. The molecule has 1 amide bonds.